The van der Waals surface area contributed by atoms with Crippen LogP contribution >= 0.6 is 11.8 Å². The largest absolute Gasteiger partial charge is 0.338 e. The van der Waals surface area contributed by atoms with Gasteiger partial charge in [0.2, 0.25) is 5.91 Å². The summed E-state index contributed by atoms with van der Waals surface area (Å²) in [4.78, 5) is 23.6. The van der Waals surface area contributed by atoms with Gasteiger partial charge in [-0.25, -0.2) is 18.4 Å². The summed E-state index contributed by atoms with van der Waals surface area (Å²) in [7, 11) is -3.03. The zero-order chi connectivity index (χ0) is 20.1. The van der Waals surface area contributed by atoms with Crippen molar-refractivity contribution >= 4 is 27.5 Å². The molecule has 1 fully saturated rings. The molecule has 1 aliphatic heterocycles. The monoisotopic (exact) mass is 419 g/mol. The minimum absolute atomic E-state index is 0.0553. The summed E-state index contributed by atoms with van der Waals surface area (Å²) in [6.07, 6.45) is 1.32. The van der Waals surface area contributed by atoms with Crippen molar-refractivity contribution in [2.75, 3.05) is 23.8 Å². The molecule has 1 aromatic heterocycles. The van der Waals surface area contributed by atoms with Crippen LogP contribution in [0.3, 0.4) is 0 Å². The molecule has 0 N–H and O–H groups in total. The number of benzene rings is 1. The molecule has 0 unspecified atom stereocenters. The van der Waals surface area contributed by atoms with Crippen LogP contribution in [0, 0.1) is 6.92 Å². The summed E-state index contributed by atoms with van der Waals surface area (Å²) < 4.78 is 23.6. The Morgan fingerprint density at radius 1 is 1.25 bits per heavy atom. The van der Waals surface area contributed by atoms with Crippen LogP contribution < -0.4 is 0 Å². The average molecular weight is 420 g/mol. The van der Waals surface area contributed by atoms with Gasteiger partial charge in [-0.15, -0.1) is 0 Å². The van der Waals surface area contributed by atoms with E-state index in [1.165, 1.54) is 11.8 Å². The standard InChI is InChI=1S/C20H25N3O3S2/c1-3-10-23(17-9-11-28(25,26)14-17)19(24)13-27-20-21-15(2)12-18(22-20)16-7-5-4-6-8-16/h4-8,12,17H,3,9-11,13-14H2,1-2H3/t17-/m0/s1. The first-order valence-corrected chi connectivity index (χ1v) is 12.2. The molecular weight excluding hydrogens is 394 g/mol. The summed E-state index contributed by atoms with van der Waals surface area (Å²) >= 11 is 1.30. The van der Waals surface area contributed by atoms with E-state index in [2.05, 4.69) is 9.97 Å². The Kier molecular flexibility index (Phi) is 6.72. The molecule has 0 radical (unpaired) electrons. The smallest absolute Gasteiger partial charge is 0.233 e. The highest BCUT2D eigenvalue weighted by molar-refractivity contribution is 7.99. The zero-order valence-corrected chi connectivity index (χ0v) is 17.8. The van der Waals surface area contributed by atoms with E-state index >= 15 is 0 Å². The van der Waals surface area contributed by atoms with Gasteiger partial charge in [-0.05, 0) is 25.8 Å². The van der Waals surface area contributed by atoms with Crippen LogP contribution in [0.15, 0.2) is 41.6 Å². The first kappa shape index (κ1) is 20.8. The first-order chi connectivity index (χ1) is 13.4. The molecule has 0 spiro atoms. The Labute approximate surface area is 170 Å². The zero-order valence-electron chi connectivity index (χ0n) is 16.2. The average Bonchev–Trinajstić information content (AvgIpc) is 3.04. The van der Waals surface area contributed by atoms with Crippen LogP contribution in [0.1, 0.15) is 25.5 Å². The van der Waals surface area contributed by atoms with Gasteiger partial charge in [-0.2, -0.15) is 0 Å². The summed E-state index contributed by atoms with van der Waals surface area (Å²) in [5, 5.41) is 0.558. The van der Waals surface area contributed by atoms with Crippen LogP contribution in [0.5, 0.6) is 0 Å². The summed E-state index contributed by atoms with van der Waals surface area (Å²) in [5.41, 5.74) is 2.68. The molecule has 0 bridgehead atoms. The number of hydrogen-bond acceptors (Lipinski definition) is 6. The number of amides is 1. The fourth-order valence-corrected chi connectivity index (χ4v) is 5.87. The predicted octanol–water partition coefficient (Wildman–Crippen LogP) is 2.97. The number of sulfone groups is 1. The van der Waals surface area contributed by atoms with E-state index in [1.54, 1.807) is 4.90 Å². The highest BCUT2D eigenvalue weighted by atomic mass is 32.2. The SMILES string of the molecule is CCCN(C(=O)CSc1nc(C)cc(-c2ccccc2)n1)[C@H]1CCS(=O)(=O)C1. The third-order valence-electron chi connectivity index (χ3n) is 4.66. The number of thioether (sulfide) groups is 1. The van der Waals surface area contributed by atoms with E-state index in [0.717, 1.165) is 23.4 Å². The van der Waals surface area contributed by atoms with Gasteiger partial charge in [0, 0.05) is 23.8 Å². The second-order valence-corrected chi connectivity index (χ2v) is 10.1. The number of hydrogen-bond donors (Lipinski definition) is 0. The lowest BCUT2D eigenvalue weighted by molar-refractivity contribution is -0.130. The van der Waals surface area contributed by atoms with Gasteiger partial charge in [0.25, 0.3) is 0 Å². The van der Waals surface area contributed by atoms with Gasteiger partial charge in [0.1, 0.15) is 0 Å². The minimum Gasteiger partial charge on any atom is -0.338 e. The lowest BCUT2D eigenvalue weighted by Crippen LogP contribution is -2.42. The van der Waals surface area contributed by atoms with Crippen LogP contribution in [0.2, 0.25) is 0 Å². The van der Waals surface area contributed by atoms with Gasteiger partial charge in [-0.1, -0.05) is 49.0 Å². The molecule has 1 aromatic carbocycles. The maximum atomic E-state index is 12.8. The molecular formula is C20H25N3O3S2. The second-order valence-electron chi connectivity index (χ2n) is 6.98. The third kappa shape index (κ3) is 5.32. The van der Waals surface area contributed by atoms with Crippen molar-refractivity contribution in [3.8, 4) is 11.3 Å². The van der Waals surface area contributed by atoms with Crippen molar-refractivity contribution in [1.82, 2.24) is 14.9 Å². The normalized spacial score (nSPS) is 18.1. The van der Waals surface area contributed by atoms with Crippen molar-refractivity contribution in [2.24, 2.45) is 0 Å². The van der Waals surface area contributed by atoms with Crippen LogP contribution in [-0.2, 0) is 14.6 Å². The van der Waals surface area contributed by atoms with E-state index in [9.17, 15) is 13.2 Å². The maximum Gasteiger partial charge on any atom is 0.233 e. The lowest BCUT2D eigenvalue weighted by Gasteiger charge is -2.27. The molecule has 6 nitrogen and oxygen atoms in total. The highest BCUT2D eigenvalue weighted by Crippen LogP contribution is 2.23. The number of aromatic nitrogens is 2. The molecule has 2 heterocycles. The van der Waals surface area contributed by atoms with Crippen molar-refractivity contribution in [2.45, 2.75) is 37.9 Å². The number of carbonyl (C=O) groups is 1. The summed E-state index contributed by atoms with van der Waals surface area (Å²) in [6.45, 7) is 4.48. The number of carbonyl (C=O) groups excluding carboxylic acids is 1. The van der Waals surface area contributed by atoms with Gasteiger partial charge in [-0.3, -0.25) is 4.79 Å². The molecule has 1 saturated heterocycles. The number of nitrogens with zero attached hydrogens (tertiary/aromatic N) is 3. The first-order valence-electron chi connectivity index (χ1n) is 9.42. The summed E-state index contributed by atoms with van der Waals surface area (Å²) in [6, 6.07) is 11.6. The van der Waals surface area contributed by atoms with E-state index in [1.807, 2.05) is 50.2 Å². The van der Waals surface area contributed by atoms with Crippen LogP contribution in [0.25, 0.3) is 11.3 Å². The molecule has 3 rings (SSSR count). The molecule has 1 atom stereocenters. The molecule has 1 amide bonds. The fourth-order valence-electron chi connectivity index (χ4n) is 3.34. The van der Waals surface area contributed by atoms with Crippen molar-refractivity contribution in [3.05, 3.63) is 42.1 Å². The fraction of sp³-hybridized carbons (Fsp3) is 0.450. The van der Waals surface area contributed by atoms with E-state index in [-0.39, 0.29) is 29.2 Å². The Balaban J connectivity index is 1.70. The Hall–Kier alpha value is -1.93. The van der Waals surface area contributed by atoms with E-state index < -0.39 is 9.84 Å². The minimum atomic E-state index is -3.03. The van der Waals surface area contributed by atoms with Crippen molar-refractivity contribution in [3.63, 3.8) is 0 Å². The van der Waals surface area contributed by atoms with Gasteiger partial charge >= 0.3 is 0 Å². The van der Waals surface area contributed by atoms with Crippen LogP contribution in [0.4, 0.5) is 0 Å². The summed E-state index contributed by atoms with van der Waals surface area (Å²) in [5.74, 6) is 0.386. The Bertz CT molecular complexity index is 933. The highest BCUT2D eigenvalue weighted by Gasteiger charge is 2.34. The molecule has 0 saturated carbocycles. The quantitative estimate of drug-likeness (QED) is 0.507. The molecule has 150 valence electrons. The molecule has 2 aromatic rings. The van der Waals surface area contributed by atoms with Crippen molar-refractivity contribution in [1.29, 1.82) is 0 Å². The molecule has 0 aliphatic carbocycles. The molecule has 28 heavy (non-hydrogen) atoms. The van der Waals surface area contributed by atoms with E-state index in [4.69, 9.17) is 0 Å². The Morgan fingerprint density at radius 2 is 2.00 bits per heavy atom. The van der Waals surface area contributed by atoms with Gasteiger partial charge < -0.3 is 4.90 Å². The second kappa shape index (κ2) is 9.05. The predicted molar refractivity (Wildman–Crippen MR) is 112 cm³/mol. The molecule has 1 aliphatic rings. The van der Waals surface area contributed by atoms with Crippen molar-refractivity contribution < 1.29 is 13.2 Å². The van der Waals surface area contributed by atoms with Gasteiger partial charge in [0.15, 0.2) is 15.0 Å². The number of aryl methyl sites for hydroxylation is 1. The molecule has 8 heteroatoms. The maximum absolute atomic E-state index is 12.8. The topological polar surface area (TPSA) is 80.2 Å². The van der Waals surface area contributed by atoms with Crippen LogP contribution in [-0.4, -0.2) is 59.0 Å². The van der Waals surface area contributed by atoms with E-state index in [0.29, 0.717) is 18.1 Å². The lowest BCUT2D eigenvalue weighted by atomic mass is 10.1. The third-order valence-corrected chi connectivity index (χ3v) is 7.24. The van der Waals surface area contributed by atoms with Gasteiger partial charge in [0.05, 0.1) is 23.0 Å². The number of rotatable bonds is 7. The Morgan fingerprint density at radius 3 is 2.64 bits per heavy atom.